The van der Waals surface area contributed by atoms with Crippen LogP contribution in [-0.2, 0) is 6.54 Å². The fourth-order valence-electron chi connectivity index (χ4n) is 3.95. The lowest BCUT2D eigenvalue weighted by Gasteiger charge is -2.30. The second-order valence-electron chi connectivity index (χ2n) is 7.64. The summed E-state index contributed by atoms with van der Waals surface area (Å²) >= 11 is 0. The van der Waals surface area contributed by atoms with Crippen molar-refractivity contribution in [2.45, 2.75) is 26.3 Å². The van der Waals surface area contributed by atoms with Crippen molar-refractivity contribution in [1.29, 1.82) is 0 Å². The van der Waals surface area contributed by atoms with Crippen molar-refractivity contribution in [2.24, 2.45) is 5.92 Å². The molecule has 1 aliphatic heterocycles. The van der Waals surface area contributed by atoms with Crippen molar-refractivity contribution in [3.63, 3.8) is 0 Å². The van der Waals surface area contributed by atoms with Gasteiger partial charge < -0.3 is 19.9 Å². The lowest BCUT2D eigenvalue weighted by atomic mass is 9.98. The fraction of sp³-hybridized carbons (Fsp3) is 0.409. The highest BCUT2D eigenvalue weighted by molar-refractivity contribution is 5.93. The molecule has 1 saturated heterocycles. The van der Waals surface area contributed by atoms with Gasteiger partial charge in [0.1, 0.15) is 0 Å². The molecule has 0 radical (unpaired) electrons. The van der Waals surface area contributed by atoms with Crippen LogP contribution in [0.15, 0.2) is 42.7 Å². The molecule has 4 rings (SSSR count). The maximum Gasteiger partial charge on any atom is 0.254 e. The molecule has 0 spiro atoms. The molecule has 1 amide bonds. The van der Waals surface area contributed by atoms with Gasteiger partial charge in [0.25, 0.3) is 5.91 Å². The zero-order chi connectivity index (χ0) is 20.2. The topological polar surface area (TPSA) is 83.3 Å². The Morgan fingerprint density at radius 1 is 1.21 bits per heavy atom. The number of nitrogens with one attached hydrogen (secondary N) is 1. The fourth-order valence-corrected chi connectivity index (χ4v) is 3.95. The molecule has 7 nitrogen and oxygen atoms in total. The van der Waals surface area contributed by atoms with Gasteiger partial charge in [0.2, 0.25) is 5.95 Å². The van der Waals surface area contributed by atoms with Crippen LogP contribution in [0, 0.1) is 12.8 Å². The predicted octanol–water partition coefficient (Wildman–Crippen LogP) is 2.38. The Hall–Kier alpha value is -2.93. The van der Waals surface area contributed by atoms with Crippen LogP contribution < -0.4 is 10.2 Å². The first-order valence-electron chi connectivity index (χ1n) is 10.2. The summed E-state index contributed by atoms with van der Waals surface area (Å²) < 4.78 is 2.21. The number of benzene rings is 1. The van der Waals surface area contributed by atoms with E-state index in [2.05, 4.69) is 49.9 Å². The molecule has 2 aromatic heterocycles. The van der Waals surface area contributed by atoms with Crippen LogP contribution in [0.5, 0.6) is 0 Å². The first-order chi connectivity index (χ1) is 14.2. The van der Waals surface area contributed by atoms with Gasteiger partial charge in [-0.25, -0.2) is 9.97 Å². The molecule has 152 valence electrons. The molecule has 3 heterocycles. The number of anilines is 1. The highest BCUT2D eigenvalue weighted by Gasteiger charge is 2.20. The van der Waals surface area contributed by atoms with E-state index in [-0.39, 0.29) is 12.5 Å². The van der Waals surface area contributed by atoms with Crippen LogP contribution in [0.1, 0.15) is 28.9 Å². The summed E-state index contributed by atoms with van der Waals surface area (Å²) in [5.74, 6) is 0.856. The van der Waals surface area contributed by atoms with Crippen molar-refractivity contribution in [3.05, 3.63) is 54.0 Å². The van der Waals surface area contributed by atoms with Crippen LogP contribution in [0.25, 0.3) is 10.9 Å². The van der Waals surface area contributed by atoms with E-state index in [1.807, 2.05) is 12.1 Å². The predicted molar refractivity (Wildman–Crippen MR) is 113 cm³/mol. The summed E-state index contributed by atoms with van der Waals surface area (Å²) in [6.45, 7) is 5.24. The van der Waals surface area contributed by atoms with E-state index in [0.29, 0.717) is 30.5 Å². The summed E-state index contributed by atoms with van der Waals surface area (Å²) in [6, 6.07) is 10.4. The number of fused-ring (bicyclic) bond motifs is 1. The highest BCUT2D eigenvalue weighted by Crippen LogP contribution is 2.20. The van der Waals surface area contributed by atoms with E-state index in [1.54, 1.807) is 12.4 Å². The molecular weight excluding hydrogens is 366 g/mol. The number of aromatic nitrogens is 3. The van der Waals surface area contributed by atoms with Crippen molar-refractivity contribution in [2.75, 3.05) is 31.1 Å². The van der Waals surface area contributed by atoms with E-state index in [9.17, 15) is 9.90 Å². The van der Waals surface area contributed by atoms with Gasteiger partial charge in [-0.1, -0.05) is 18.2 Å². The van der Waals surface area contributed by atoms with Crippen molar-refractivity contribution in [3.8, 4) is 0 Å². The molecule has 0 saturated carbocycles. The normalized spacial score (nSPS) is 15.0. The standard InChI is InChI=1S/C22H27N5O2/c1-16-12-18-4-2-3-5-20(18)27(16)11-8-23-21(29)19-13-24-22(25-14-19)26-9-6-17(15-28)7-10-26/h2-5,12-14,17,28H,6-11,15H2,1H3,(H,23,29). The Morgan fingerprint density at radius 3 is 2.66 bits per heavy atom. The number of aliphatic hydroxyl groups is 1. The minimum atomic E-state index is -0.162. The Morgan fingerprint density at radius 2 is 1.93 bits per heavy atom. The average molecular weight is 393 g/mol. The monoisotopic (exact) mass is 393 g/mol. The number of hydrogen-bond acceptors (Lipinski definition) is 5. The Labute approximate surface area is 170 Å². The van der Waals surface area contributed by atoms with Gasteiger partial charge in [-0.15, -0.1) is 0 Å². The smallest absolute Gasteiger partial charge is 0.254 e. The maximum absolute atomic E-state index is 12.4. The molecular formula is C22H27N5O2. The number of carbonyl (C=O) groups is 1. The van der Waals surface area contributed by atoms with E-state index < -0.39 is 0 Å². The third-order valence-electron chi connectivity index (χ3n) is 5.69. The largest absolute Gasteiger partial charge is 0.396 e. The molecule has 7 heteroatoms. The third-order valence-corrected chi connectivity index (χ3v) is 5.69. The van der Waals surface area contributed by atoms with Gasteiger partial charge >= 0.3 is 0 Å². The highest BCUT2D eigenvalue weighted by atomic mass is 16.3. The Balaban J connectivity index is 1.32. The zero-order valence-corrected chi connectivity index (χ0v) is 16.7. The molecule has 1 aliphatic rings. The Kier molecular flexibility index (Phi) is 5.76. The van der Waals surface area contributed by atoms with Crippen molar-refractivity contribution < 1.29 is 9.90 Å². The van der Waals surface area contributed by atoms with Gasteiger partial charge in [-0.05, 0) is 43.2 Å². The molecule has 1 aromatic carbocycles. The van der Waals surface area contributed by atoms with Crippen molar-refractivity contribution in [1.82, 2.24) is 19.9 Å². The number of carbonyl (C=O) groups excluding carboxylic acids is 1. The van der Waals surface area contributed by atoms with Crippen LogP contribution >= 0.6 is 0 Å². The van der Waals surface area contributed by atoms with Crippen LogP contribution in [0.2, 0.25) is 0 Å². The number of para-hydroxylation sites is 1. The zero-order valence-electron chi connectivity index (χ0n) is 16.7. The lowest BCUT2D eigenvalue weighted by Crippen LogP contribution is -2.36. The first-order valence-corrected chi connectivity index (χ1v) is 10.2. The number of nitrogens with zero attached hydrogens (tertiary/aromatic N) is 4. The SMILES string of the molecule is Cc1cc2ccccc2n1CCNC(=O)c1cnc(N2CCC(CO)CC2)nc1. The van der Waals surface area contributed by atoms with Crippen molar-refractivity contribution >= 4 is 22.8 Å². The number of amides is 1. The minimum Gasteiger partial charge on any atom is -0.396 e. The molecule has 0 unspecified atom stereocenters. The first kappa shape index (κ1) is 19.4. The molecule has 29 heavy (non-hydrogen) atoms. The van der Waals surface area contributed by atoms with E-state index in [1.165, 1.54) is 16.6 Å². The summed E-state index contributed by atoms with van der Waals surface area (Å²) in [7, 11) is 0. The number of aryl methyl sites for hydroxylation is 1. The number of rotatable bonds is 6. The van der Waals surface area contributed by atoms with E-state index in [0.717, 1.165) is 25.9 Å². The number of piperidine rings is 1. The van der Waals surface area contributed by atoms with E-state index >= 15 is 0 Å². The molecule has 0 aliphatic carbocycles. The molecule has 2 N–H and O–H groups in total. The summed E-state index contributed by atoms with van der Waals surface area (Å²) in [5.41, 5.74) is 2.82. The summed E-state index contributed by atoms with van der Waals surface area (Å²) in [5, 5.41) is 13.4. The van der Waals surface area contributed by atoms with Crippen LogP contribution in [0.3, 0.4) is 0 Å². The third kappa shape index (κ3) is 4.24. The van der Waals surface area contributed by atoms with Gasteiger partial charge in [-0.3, -0.25) is 4.79 Å². The quantitative estimate of drug-likeness (QED) is 0.672. The molecule has 3 aromatic rings. The van der Waals surface area contributed by atoms with Crippen LogP contribution in [-0.4, -0.2) is 51.8 Å². The van der Waals surface area contributed by atoms with Gasteiger partial charge in [-0.2, -0.15) is 0 Å². The molecule has 0 atom stereocenters. The molecule has 1 fully saturated rings. The number of hydrogen-bond donors (Lipinski definition) is 2. The number of aliphatic hydroxyl groups excluding tert-OH is 1. The summed E-state index contributed by atoms with van der Waals surface area (Å²) in [4.78, 5) is 23.3. The second-order valence-corrected chi connectivity index (χ2v) is 7.64. The Bertz CT molecular complexity index is 975. The van der Waals surface area contributed by atoms with Gasteiger partial charge in [0.15, 0.2) is 0 Å². The van der Waals surface area contributed by atoms with Gasteiger partial charge in [0.05, 0.1) is 5.56 Å². The lowest BCUT2D eigenvalue weighted by molar-refractivity contribution is 0.0951. The van der Waals surface area contributed by atoms with Crippen LogP contribution in [0.4, 0.5) is 5.95 Å². The summed E-state index contributed by atoms with van der Waals surface area (Å²) in [6.07, 6.45) is 5.06. The minimum absolute atomic E-state index is 0.162. The average Bonchev–Trinajstić information content (AvgIpc) is 3.09. The van der Waals surface area contributed by atoms with Gasteiger partial charge in [0, 0.05) is 56.4 Å². The van der Waals surface area contributed by atoms with E-state index in [4.69, 9.17) is 0 Å². The molecule has 0 bridgehead atoms. The second kappa shape index (κ2) is 8.61. The maximum atomic E-state index is 12.4.